The van der Waals surface area contributed by atoms with E-state index in [0.717, 1.165) is 12.0 Å². The Morgan fingerprint density at radius 1 is 1.21 bits per heavy atom. The van der Waals surface area contributed by atoms with E-state index < -0.39 is 0 Å². The van der Waals surface area contributed by atoms with Crippen LogP contribution < -0.4 is 0 Å². The van der Waals surface area contributed by atoms with Gasteiger partial charge < -0.3 is 0 Å². The van der Waals surface area contributed by atoms with Gasteiger partial charge >= 0.3 is 0 Å². The Kier molecular flexibility index (Phi) is 3.63. The fourth-order valence-corrected chi connectivity index (χ4v) is 3.15. The minimum atomic E-state index is 0.421. The third kappa shape index (κ3) is 2.50. The third-order valence-corrected chi connectivity index (χ3v) is 3.52. The maximum Gasteiger partial charge on any atom is 0.0172 e. The molecule has 2 atom stereocenters. The highest BCUT2D eigenvalue weighted by atomic mass is 15.2. The van der Waals surface area contributed by atoms with Gasteiger partial charge in [0.25, 0.3) is 0 Å². The van der Waals surface area contributed by atoms with Crippen molar-refractivity contribution in [2.24, 2.45) is 11.3 Å². The molecule has 1 nitrogen and oxygen atoms in total. The van der Waals surface area contributed by atoms with Gasteiger partial charge in [-0.15, -0.1) is 0 Å². The molecule has 0 spiro atoms. The standard InChI is InChI=1S/C13H27N/c1-10(2)14-9-7-8-11(3)12(14)13(4,5)6/h10-12H,7-9H2,1-6H3. The molecule has 2 unspecified atom stereocenters. The molecule has 0 N–H and O–H groups in total. The van der Waals surface area contributed by atoms with E-state index in [9.17, 15) is 0 Å². The van der Waals surface area contributed by atoms with Crippen molar-refractivity contribution in [1.29, 1.82) is 0 Å². The number of rotatable bonds is 1. The van der Waals surface area contributed by atoms with E-state index in [-0.39, 0.29) is 0 Å². The van der Waals surface area contributed by atoms with E-state index in [0.29, 0.717) is 11.5 Å². The van der Waals surface area contributed by atoms with Gasteiger partial charge in [-0.3, -0.25) is 4.90 Å². The van der Waals surface area contributed by atoms with Crippen LogP contribution in [-0.4, -0.2) is 23.5 Å². The predicted octanol–water partition coefficient (Wildman–Crippen LogP) is 3.54. The Bertz CT molecular complexity index is 178. The van der Waals surface area contributed by atoms with Crippen molar-refractivity contribution in [3.8, 4) is 0 Å². The van der Waals surface area contributed by atoms with Gasteiger partial charge in [-0.05, 0) is 44.6 Å². The van der Waals surface area contributed by atoms with Crippen molar-refractivity contribution in [3.05, 3.63) is 0 Å². The van der Waals surface area contributed by atoms with Crippen molar-refractivity contribution in [1.82, 2.24) is 4.90 Å². The number of piperidine rings is 1. The van der Waals surface area contributed by atoms with Crippen LogP contribution >= 0.6 is 0 Å². The van der Waals surface area contributed by atoms with Crippen LogP contribution in [0, 0.1) is 11.3 Å². The number of nitrogens with zero attached hydrogens (tertiary/aromatic N) is 1. The second-order valence-electron chi connectivity index (χ2n) is 6.26. The number of hydrogen-bond acceptors (Lipinski definition) is 1. The molecule has 1 saturated heterocycles. The lowest BCUT2D eigenvalue weighted by Crippen LogP contribution is -2.53. The summed E-state index contributed by atoms with van der Waals surface area (Å²) in [5, 5.41) is 0. The van der Waals surface area contributed by atoms with E-state index in [4.69, 9.17) is 0 Å². The van der Waals surface area contributed by atoms with Gasteiger partial charge in [0.05, 0.1) is 0 Å². The lowest BCUT2D eigenvalue weighted by atomic mass is 9.74. The molecule has 0 aromatic heterocycles. The molecule has 84 valence electrons. The molecule has 1 fully saturated rings. The van der Waals surface area contributed by atoms with E-state index in [1.807, 2.05) is 0 Å². The summed E-state index contributed by atoms with van der Waals surface area (Å²) in [6, 6.07) is 1.46. The fourth-order valence-electron chi connectivity index (χ4n) is 3.15. The Morgan fingerprint density at radius 3 is 2.14 bits per heavy atom. The first-order valence-electron chi connectivity index (χ1n) is 6.09. The van der Waals surface area contributed by atoms with Crippen molar-refractivity contribution in [2.75, 3.05) is 6.54 Å². The number of likely N-dealkylation sites (tertiary alicyclic amines) is 1. The van der Waals surface area contributed by atoms with Crippen LogP contribution in [0.2, 0.25) is 0 Å². The summed E-state index contributed by atoms with van der Waals surface area (Å²) in [5.41, 5.74) is 0.421. The monoisotopic (exact) mass is 197 g/mol. The lowest BCUT2D eigenvalue weighted by Gasteiger charge is -2.49. The van der Waals surface area contributed by atoms with Crippen molar-refractivity contribution in [3.63, 3.8) is 0 Å². The molecule has 0 radical (unpaired) electrons. The molecule has 1 aliphatic rings. The second kappa shape index (κ2) is 4.22. The first kappa shape index (κ1) is 12.0. The quantitative estimate of drug-likeness (QED) is 0.621. The molecular formula is C13H27N. The van der Waals surface area contributed by atoms with E-state index in [1.54, 1.807) is 0 Å². The molecule has 14 heavy (non-hydrogen) atoms. The van der Waals surface area contributed by atoms with Crippen LogP contribution in [0.25, 0.3) is 0 Å². The number of hydrogen-bond donors (Lipinski definition) is 0. The highest BCUT2D eigenvalue weighted by Crippen LogP contribution is 2.36. The topological polar surface area (TPSA) is 3.24 Å². The summed E-state index contributed by atoms with van der Waals surface area (Å²) in [4.78, 5) is 2.70. The average Bonchev–Trinajstić information content (AvgIpc) is 2.01. The Morgan fingerprint density at radius 2 is 1.79 bits per heavy atom. The molecule has 1 aliphatic heterocycles. The lowest BCUT2D eigenvalue weighted by molar-refractivity contribution is 0.00269. The first-order valence-corrected chi connectivity index (χ1v) is 6.09. The third-order valence-electron chi connectivity index (χ3n) is 3.52. The van der Waals surface area contributed by atoms with E-state index in [1.165, 1.54) is 19.4 Å². The van der Waals surface area contributed by atoms with Crippen molar-refractivity contribution in [2.45, 2.75) is 66.5 Å². The van der Waals surface area contributed by atoms with Crippen LogP contribution in [0.15, 0.2) is 0 Å². The minimum absolute atomic E-state index is 0.421. The smallest absolute Gasteiger partial charge is 0.0172 e. The van der Waals surface area contributed by atoms with Gasteiger partial charge in [-0.1, -0.05) is 27.7 Å². The van der Waals surface area contributed by atoms with Gasteiger partial charge in [0.15, 0.2) is 0 Å². The maximum atomic E-state index is 2.70. The molecule has 0 bridgehead atoms. The molecule has 0 aromatic carbocycles. The van der Waals surface area contributed by atoms with Gasteiger partial charge in [0, 0.05) is 12.1 Å². The highest BCUT2D eigenvalue weighted by Gasteiger charge is 2.37. The summed E-state index contributed by atoms with van der Waals surface area (Å²) >= 11 is 0. The van der Waals surface area contributed by atoms with Crippen LogP contribution in [0.5, 0.6) is 0 Å². The van der Waals surface area contributed by atoms with Gasteiger partial charge in [0.2, 0.25) is 0 Å². The normalized spacial score (nSPS) is 31.1. The molecule has 0 amide bonds. The van der Waals surface area contributed by atoms with Crippen LogP contribution in [0.3, 0.4) is 0 Å². The minimum Gasteiger partial charge on any atom is -0.297 e. The summed E-state index contributed by atoms with van der Waals surface area (Å²) in [5.74, 6) is 0.853. The summed E-state index contributed by atoms with van der Waals surface area (Å²) < 4.78 is 0. The average molecular weight is 197 g/mol. The van der Waals surface area contributed by atoms with E-state index >= 15 is 0 Å². The highest BCUT2D eigenvalue weighted by molar-refractivity contribution is 4.91. The van der Waals surface area contributed by atoms with Gasteiger partial charge in [0.1, 0.15) is 0 Å². The largest absolute Gasteiger partial charge is 0.297 e. The van der Waals surface area contributed by atoms with Gasteiger partial charge in [-0.2, -0.15) is 0 Å². The molecule has 1 rings (SSSR count). The fraction of sp³-hybridized carbons (Fsp3) is 1.00. The SMILES string of the molecule is CC1CCCN(C(C)C)C1C(C)(C)C. The zero-order valence-corrected chi connectivity index (χ0v) is 10.8. The summed E-state index contributed by atoms with van der Waals surface area (Å²) in [6.45, 7) is 15.5. The maximum absolute atomic E-state index is 2.70. The van der Waals surface area contributed by atoms with Crippen LogP contribution in [0.1, 0.15) is 54.4 Å². The van der Waals surface area contributed by atoms with Crippen LogP contribution in [-0.2, 0) is 0 Å². The first-order chi connectivity index (χ1) is 6.34. The molecule has 1 heteroatoms. The zero-order valence-electron chi connectivity index (χ0n) is 10.8. The molecule has 1 heterocycles. The summed E-state index contributed by atoms with van der Waals surface area (Å²) in [7, 11) is 0. The molecule has 0 aromatic rings. The molecular weight excluding hydrogens is 170 g/mol. The van der Waals surface area contributed by atoms with Crippen LogP contribution in [0.4, 0.5) is 0 Å². The van der Waals surface area contributed by atoms with Crippen molar-refractivity contribution < 1.29 is 0 Å². The van der Waals surface area contributed by atoms with Crippen molar-refractivity contribution >= 4 is 0 Å². The molecule has 0 aliphatic carbocycles. The Balaban J connectivity index is 2.82. The predicted molar refractivity (Wildman–Crippen MR) is 63.5 cm³/mol. The van der Waals surface area contributed by atoms with Gasteiger partial charge in [-0.25, -0.2) is 0 Å². The second-order valence-corrected chi connectivity index (χ2v) is 6.26. The Labute approximate surface area is 89.9 Å². The molecule has 0 saturated carbocycles. The zero-order chi connectivity index (χ0) is 10.9. The Hall–Kier alpha value is -0.0400. The summed E-state index contributed by atoms with van der Waals surface area (Å²) in [6.07, 6.45) is 2.79. The van der Waals surface area contributed by atoms with E-state index in [2.05, 4.69) is 46.4 Å².